The summed E-state index contributed by atoms with van der Waals surface area (Å²) < 4.78 is 0. The molecule has 0 aromatic heterocycles. The summed E-state index contributed by atoms with van der Waals surface area (Å²) in [6, 6.07) is 8.48. The second-order valence-corrected chi connectivity index (χ2v) is 6.38. The first-order chi connectivity index (χ1) is 10.1. The highest BCUT2D eigenvalue weighted by Gasteiger charge is 2.21. The fourth-order valence-electron chi connectivity index (χ4n) is 3.11. The van der Waals surface area contributed by atoms with Crippen LogP contribution in [0.2, 0.25) is 0 Å². The lowest BCUT2D eigenvalue weighted by molar-refractivity contribution is -0.122. The van der Waals surface area contributed by atoms with E-state index in [1.165, 1.54) is 24.0 Å². The van der Waals surface area contributed by atoms with Crippen molar-refractivity contribution >= 4 is 5.91 Å². The van der Waals surface area contributed by atoms with Crippen LogP contribution in [-0.4, -0.2) is 25.5 Å². The summed E-state index contributed by atoms with van der Waals surface area (Å²) in [5.41, 5.74) is 2.57. The van der Waals surface area contributed by atoms with E-state index < -0.39 is 0 Å². The van der Waals surface area contributed by atoms with Gasteiger partial charge in [-0.3, -0.25) is 4.79 Å². The van der Waals surface area contributed by atoms with Crippen LogP contribution in [0.3, 0.4) is 0 Å². The number of benzene rings is 1. The third-order valence-electron chi connectivity index (χ3n) is 4.47. The van der Waals surface area contributed by atoms with Gasteiger partial charge in [0.2, 0.25) is 5.91 Å². The van der Waals surface area contributed by atoms with Gasteiger partial charge in [0.1, 0.15) is 0 Å². The molecule has 1 heterocycles. The third kappa shape index (κ3) is 5.50. The maximum absolute atomic E-state index is 12.0. The molecule has 1 fully saturated rings. The second kappa shape index (κ2) is 8.18. The maximum atomic E-state index is 12.0. The Hall–Kier alpha value is -1.35. The fourth-order valence-corrected chi connectivity index (χ4v) is 3.11. The first kappa shape index (κ1) is 16.0. The monoisotopic (exact) mass is 288 g/mol. The van der Waals surface area contributed by atoms with Gasteiger partial charge in [-0.25, -0.2) is 0 Å². The normalized spacial score (nSPS) is 20.0. The summed E-state index contributed by atoms with van der Waals surface area (Å²) in [5.74, 6) is 1.32. The summed E-state index contributed by atoms with van der Waals surface area (Å²) in [7, 11) is 0. The van der Waals surface area contributed by atoms with Crippen LogP contribution in [0.25, 0.3) is 0 Å². The summed E-state index contributed by atoms with van der Waals surface area (Å²) >= 11 is 0. The summed E-state index contributed by atoms with van der Waals surface area (Å²) in [6.45, 7) is 7.24. The molecule has 1 aliphatic rings. The minimum absolute atomic E-state index is 0.195. The van der Waals surface area contributed by atoms with Gasteiger partial charge in [0.25, 0.3) is 0 Å². The van der Waals surface area contributed by atoms with E-state index in [9.17, 15) is 4.79 Å². The number of carbonyl (C=O) groups is 1. The molecular formula is C18H28N2O. The van der Waals surface area contributed by atoms with Crippen LogP contribution in [0.5, 0.6) is 0 Å². The molecule has 1 aromatic carbocycles. The van der Waals surface area contributed by atoms with E-state index in [1.807, 2.05) is 0 Å². The van der Waals surface area contributed by atoms with Crippen molar-refractivity contribution in [3.8, 4) is 0 Å². The van der Waals surface area contributed by atoms with Crippen LogP contribution in [0.1, 0.15) is 37.3 Å². The van der Waals surface area contributed by atoms with E-state index >= 15 is 0 Å². The molecule has 1 aromatic rings. The standard InChI is InChI=1S/C18H28N2O/c1-14-5-3-6-16(11-14)8-10-20-18(21)12-15(2)17-7-4-9-19-13-17/h3,5-6,11,15,17,19H,4,7-10,12-13H2,1-2H3,(H,20,21). The van der Waals surface area contributed by atoms with E-state index in [4.69, 9.17) is 0 Å². The Morgan fingerprint density at radius 3 is 3.05 bits per heavy atom. The quantitative estimate of drug-likeness (QED) is 0.845. The third-order valence-corrected chi connectivity index (χ3v) is 4.47. The highest BCUT2D eigenvalue weighted by atomic mass is 16.1. The van der Waals surface area contributed by atoms with Crippen molar-refractivity contribution < 1.29 is 4.79 Å². The minimum atomic E-state index is 0.195. The molecule has 0 aliphatic carbocycles. The van der Waals surface area contributed by atoms with E-state index in [-0.39, 0.29) is 5.91 Å². The number of piperidine rings is 1. The number of rotatable bonds is 6. The molecule has 2 unspecified atom stereocenters. The lowest BCUT2D eigenvalue weighted by Gasteiger charge is -2.28. The topological polar surface area (TPSA) is 41.1 Å². The molecule has 0 spiro atoms. The Labute approximate surface area is 128 Å². The molecule has 3 heteroatoms. The van der Waals surface area contributed by atoms with E-state index in [0.29, 0.717) is 18.3 Å². The molecule has 2 rings (SSSR count). The van der Waals surface area contributed by atoms with Crippen molar-refractivity contribution in [1.29, 1.82) is 0 Å². The largest absolute Gasteiger partial charge is 0.356 e. The van der Waals surface area contributed by atoms with Gasteiger partial charge in [-0.15, -0.1) is 0 Å². The average molecular weight is 288 g/mol. The summed E-state index contributed by atoms with van der Waals surface area (Å²) in [4.78, 5) is 12.0. The molecule has 2 atom stereocenters. The van der Waals surface area contributed by atoms with E-state index in [1.54, 1.807) is 0 Å². The number of amides is 1. The summed E-state index contributed by atoms with van der Waals surface area (Å²) in [5, 5.41) is 6.49. The van der Waals surface area contributed by atoms with Gasteiger partial charge in [-0.1, -0.05) is 36.8 Å². The molecule has 0 radical (unpaired) electrons. The second-order valence-electron chi connectivity index (χ2n) is 6.38. The number of nitrogens with one attached hydrogen (secondary N) is 2. The van der Waals surface area contributed by atoms with Gasteiger partial charge in [0.15, 0.2) is 0 Å². The number of carbonyl (C=O) groups excluding carboxylic acids is 1. The molecule has 21 heavy (non-hydrogen) atoms. The Morgan fingerprint density at radius 1 is 1.48 bits per heavy atom. The molecule has 1 aliphatic heterocycles. The van der Waals surface area contributed by atoms with Crippen LogP contribution < -0.4 is 10.6 Å². The zero-order valence-electron chi connectivity index (χ0n) is 13.3. The molecule has 1 amide bonds. The van der Waals surface area contributed by atoms with Crippen molar-refractivity contribution in [3.63, 3.8) is 0 Å². The van der Waals surface area contributed by atoms with Crippen molar-refractivity contribution in [3.05, 3.63) is 35.4 Å². The van der Waals surface area contributed by atoms with Crippen LogP contribution in [0.4, 0.5) is 0 Å². The lowest BCUT2D eigenvalue weighted by atomic mass is 9.85. The van der Waals surface area contributed by atoms with Gasteiger partial charge in [0, 0.05) is 13.0 Å². The van der Waals surface area contributed by atoms with Gasteiger partial charge in [0.05, 0.1) is 0 Å². The predicted octanol–water partition coefficient (Wildman–Crippen LogP) is 2.68. The molecule has 3 nitrogen and oxygen atoms in total. The molecule has 116 valence electrons. The zero-order valence-corrected chi connectivity index (χ0v) is 13.3. The van der Waals surface area contributed by atoms with Gasteiger partial charge in [-0.05, 0) is 56.7 Å². The van der Waals surface area contributed by atoms with Crippen molar-refractivity contribution in [2.75, 3.05) is 19.6 Å². The Kier molecular flexibility index (Phi) is 6.24. The highest BCUT2D eigenvalue weighted by Crippen LogP contribution is 2.22. The average Bonchev–Trinajstić information content (AvgIpc) is 2.48. The Bertz CT molecular complexity index is 452. The lowest BCUT2D eigenvalue weighted by Crippen LogP contribution is -2.36. The molecule has 0 saturated carbocycles. The number of hydrogen-bond donors (Lipinski definition) is 2. The van der Waals surface area contributed by atoms with Gasteiger partial charge < -0.3 is 10.6 Å². The first-order valence-electron chi connectivity index (χ1n) is 8.18. The Morgan fingerprint density at radius 2 is 2.33 bits per heavy atom. The van der Waals surface area contributed by atoms with E-state index in [2.05, 4.69) is 48.7 Å². The van der Waals surface area contributed by atoms with Crippen LogP contribution in [-0.2, 0) is 11.2 Å². The molecule has 2 N–H and O–H groups in total. The van der Waals surface area contributed by atoms with Crippen LogP contribution in [0, 0.1) is 18.8 Å². The van der Waals surface area contributed by atoms with Crippen LogP contribution >= 0.6 is 0 Å². The number of aryl methyl sites for hydroxylation is 1. The highest BCUT2D eigenvalue weighted by molar-refractivity contribution is 5.76. The van der Waals surface area contributed by atoms with Crippen molar-refractivity contribution in [2.24, 2.45) is 11.8 Å². The summed E-state index contributed by atoms with van der Waals surface area (Å²) in [6.07, 6.45) is 4.06. The fraction of sp³-hybridized carbons (Fsp3) is 0.611. The van der Waals surface area contributed by atoms with Gasteiger partial charge in [-0.2, -0.15) is 0 Å². The first-order valence-corrected chi connectivity index (χ1v) is 8.18. The van der Waals surface area contributed by atoms with Gasteiger partial charge >= 0.3 is 0 Å². The zero-order chi connectivity index (χ0) is 15.1. The van der Waals surface area contributed by atoms with Crippen molar-refractivity contribution in [2.45, 2.75) is 39.5 Å². The molecule has 0 bridgehead atoms. The smallest absolute Gasteiger partial charge is 0.220 e. The van der Waals surface area contributed by atoms with Crippen LogP contribution in [0.15, 0.2) is 24.3 Å². The minimum Gasteiger partial charge on any atom is -0.356 e. The molecule has 1 saturated heterocycles. The maximum Gasteiger partial charge on any atom is 0.220 e. The van der Waals surface area contributed by atoms with E-state index in [0.717, 1.165) is 26.1 Å². The molecular weight excluding hydrogens is 260 g/mol. The van der Waals surface area contributed by atoms with Crippen molar-refractivity contribution in [1.82, 2.24) is 10.6 Å². The predicted molar refractivity (Wildman–Crippen MR) is 87.3 cm³/mol. The Balaban J connectivity index is 1.67. The SMILES string of the molecule is Cc1cccc(CCNC(=O)CC(C)C2CCCNC2)c1. The number of hydrogen-bond acceptors (Lipinski definition) is 2.